The summed E-state index contributed by atoms with van der Waals surface area (Å²) in [4.78, 5) is -0.129. The molecule has 1 aromatic heterocycles. The number of alkyl halides is 3. The number of ether oxygens (including phenoxy) is 2. The predicted octanol–water partition coefficient (Wildman–Crippen LogP) is 4.95. The second-order valence-corrected chi connectivity index (χ2v) is 11.5. The van der Waals surface area contributed by atoms with Gasteiger partial charge in [-0.25, -0.2) is 8.42 Å². The summed E-state index contributed by atoms with van der Waals surface area (Å²) in [6, 6.07) is 14.5. The van der Waals surface area contributed by atoms with Crippen LogP contribution in [0.15, 0.2) is 71.8 Å². The Bertz CT molecular complexity index is 1430. The third kappa shape index (κ3) is 4.76. The molecule has 7 nitrogen and oxygen atoms in total. The molecule has 0 radical (unpaired) electrons. The van der Waals surface area contributed by atoms with Crippen LogP contribution in [-0.4, -0.2) is 36.9 Å². The van der Waals surface area contributed by atoms with Gasteiger partial charge < -0.3 is 9.47 Å². The Kier molecular flexibility index (Phi) is 6.38. The van der Waals surface area contributed by atoms with Gasteiger partial charge in [0.1, 0.15) is 5.75 Å². The Balaban J connectivity index is 1.41. The van der Waals surface area contributed by atoms with E-state index >= 15 is 0 Å². The molecule has 12 heteroatoms. The Morgan fingerprint density at radius 2 is 1.86 bits per heavy atom. The number of sulfonamides is 1. The van der Waals surface area contributed by atoms with E-state index in [0.29, 0.717) is 23.6 Å². The van der Waals surface area contributed by atoms with Gasteiger partial charge in [-0.2, -0.15) is 4.31 Å². The molecule has 196 valence electrons. The number of benzene rings is 2. The molecular formula is C25H23ClF3N2O5S+. The first-order valence-corrected chi connectivity index (χ1v) is 13.3. The average molecular weight is 556 g/mol. The van der Waals surface area contributed by atoms with E-state index in [4.69, 9.17) is 16.3 Å². The van der Waals surface area contributed by atoms with Gasteiger partial charge in [-0.1, -0.05) is 35.9 Å². The fourth-order valence-electron chi connectivity index (χ4n) is 5.24. The molecule has 5 rings (SSSR count). The second-order valence-electron chi connectivity index (χ2n) is 9.13. The van der Waals surface area contributed by atoms with Crippen LogP contribution in [0.1, 0.15) is 42.7 Å². The van der Waals surface area contributed by atoms with Crippen molar-refractivity contribution >= 4 is 21.6 Å². The van der Waals surface area contributed by atoms with Crippen LogP contribution < -0.4 is 9.47 Å². The summed E-state index contributed by atoms with van der Waals surface area (Å²) < 4.78 is 76.9. The minimum atomic E-state index is -4.87. The zero-order valence-corrected chi connectivity index (χ0v) is 21.1. The highest BCUT2D eigenvalue weighted by molar-refractivity contribution is 7.89. The fraction of sp³-hybridized carbons (Fsp3) is 0.320. The van der Waals surface area contributed by atoms with Gasteiger partial charge in [0.25, 0.3) is 5.69 Å². The first kappa shape index (κ1) is 25.8. The predicted molar refractivity (Wildman–Crippen MR) is 126 cm³/mol. The van der Waals surface area contributed by atoms with E-state index < -0.39 is 39.9 Å². The van der Waals surface area contributed by atoms with Crippen molar-refractivity contribution in [1.29, 1.82) is 0 Å². The van der Waals surface area contributed by atoms with E-state index in [0.717, 1.165) is 40.1 Å². The molecule has 2 aliphatic rings. The van der Waals surface area contributed by atoms with Gasteiger partial charge in [0.15, 0.2) is 6.10 Å². The van der Waals surface area contributed by atoms with Crippen molar-refractivity contribution in [1.82, 2.24) is 4.31 Å². The van der Waals surface area contributed by atoms with Gasteiger partial charge >= 0.3 is 6.36 Å². The van der Waals surface area contributed by atoms with E-state index in [1.807, 2.05) is 24.3 Å². The molecule has 2 aliphatic heterocycles. The highest BCUT2D eigenvalue weighted by Crippen LogP contribution is 2.52. The van der Waals surface area contributed by atoms with Gasteiger partial charge in [-0.3, -0.25) is 5.21 Å². The third-order valence-corrected chi connectivity index (χ3v) is 9.05. The Morgan fingerprint density at radius 1 is 1.16 bits per heavy atom. The highest BCUT2D eigenvalue weighted by atomic mass is 35.5. The first-order chi connectivity index (χ1) is 17.4. The molecule has 3 atom stereocenters. The lowest BCUT2D eigenvalue weighted by Gasteiger charge is -2.43. The van der Waals surface area contributed by atoms with Crippen molar-refractivity contribution in [2.75, 3.05) is 6.54 Å². The molecule has 0 bridgehead atoms. The van der Waals surface area contributed by atoms with Gasteiger partial charge in [-0.05, 0) is 55.2 Å². The lowest BCUT2D eigenvalue weighted by atomic mass is 9.81. The summed E-state index contributed by atoms with van der Waals surface area (Å²) in [5.74, 6) is -0.499. The van der Waals surface area contributed by atoms with Crippen molar-refractivity contribution in [2.45, 2.75) is 48.8 Å². The maximum atomic E-state index is 13.4. The number of pyridine rings is 1. The molecule has 1 fully saturated rings. The number of halogens is 4. The molecule has 0 amide bonds. The molecule has 37 heavy (non-hydrogen) atoms. The molecule has 3 unspecified atom stereocenters. The van der Waals surface area contributed by atoms with Gasteiger partial charge in [0.05, 0.1) is 15.5 Å². The van der Waals surface area contributed by atoms with Crippen LogP contribution in [0, 0.1) is 0 Å². The number of hydrogen-bond acceptors (Lipinski definition) is 5. The molecule has 1 spiro atoms. The second kappa shape index (κ2) is 9.16. The van der Waals surface area contributed by atoms with Crippen molar-refractivity contribution in [3.63, 3.8) is 0 Å². The van der Waals surface area contributed by atoms with Crippen LogP contribution in [0.3, 0.4) is 0 Å². The van der Waals surface area contributed by atoms with Gasteiger partial charge in [0, 0.05) is 29.4 Å². The highest BCUT2D eigenvalue weighted by Gasteiger charge is 2.52. The molecule has 0 aliphatic carbocycles. The summed E-state index contributed by atoms with van der Waals surface area (Å²) >= 11 is 6.17. The van der Waals surface area contributed by atoms with E-state index in [1.54, 1.807) is 19.1 Å². The summed E-state index contributed by atoms with van der Waals surface area (Å²) in [5.41, 5.74) is 1.42. The quantitative estimate of drug-likeness (QED) is 0.364. The standard InChI is InChI=1S/C25H23ClF3N2O5S/c1-16-15-24(11-13-31(16)37(33,34)19-8-6-18(7-9-19)35-25(27,28)29)21-5-3-2-4-20(21)23(36-24)22-14-17(26)10-12-30(22)32/h2-10,12,14,16,23,32H,11,13,15H2,1H3/q+1. The number of aromatic nitrogens is 1. The van der Waals surface area contributed by atoms with E-state index in [-0.39, 0.29) is 11.4 Å². The van der Waals surface area contributed by atoms with Gasteiger partial charge in [-0.15, -0.1) is 13.2 Å². The molecule has 2 aromatic carbocycles. The average Bonchev–Trinajstić information content (AvgIpc) is 3.13. The molecule has 3 aromatic rings. The summed E-state index contributed by atoms with van der Waals surface area (Å²) in [6.07, 6.45) is -3.38. The number of rotatable bonds is 4. The van der Waals surface area contributed by atoms with Crippen molar-refractivity contribution in [3.8, 4) is 5.75 Å². The number of nitrogens with zero attached hydrogens (tertiary/aromatic N) is 2. The Hall–Kier alpha value is -2.86. The number of hydrogen-bond donors (Lipinski definition) is 1. The van der Waals surface area contributed by atoms with Crippen LogP contribution in [0.4, 0.5) is 13.2 Å². The smallest absolute Gasteiger partial charge is 0.406 e. The zero-order chi connectivity index (χ0) is 26.6. The molecule has 3 heterocycles. The summed E-state index contributed by atoms with van der Waals surface area (Å²) in [7, 11) is -3.99. The summed E-state index contributed by atoms with van der Waals surface area (Å²) in [5, 5.41) is 10.9. The molecule has 1 saturated heterocycles. The van der Waals surface area contributed by atoms with E-state index in [1.165, 1.54) is 10.5 Å². The van der Waals surface area contributed by atoms with Crippen LogP contribution in [0.5, 0.6) is 5.75 Å². The Labute approximate surface area is 216 Å². The van der Waals surface area contributed by atoms with E-state index in [9.17, 15) is 26.8 Å². The third-order valence-electron chi connectivity index (χ3n) is 6.79. The van der Waals surface area contributed by atoms with Crippen molar-refractivity contribution in [3.05, 3.63) is 88.7 Å². The number of piperidine rings is 1. The van der Waals surface area contributed by atoms with Crippen molar-refractivity contribution < 1.29 is 41.0 Å². The number of fused-ring (bicyclic) bond motifs is 2. The molecule has 0 saturated carbocycles. The largest absolute Gasteiger partial charge is 0.573 e. The lowest BCUT2D eigenvalue weighted by molar-refractivity contribution is -0.911. The SMILES string of the molecule is CC1CC2(CCN1S(=O)(=O)c1ccc(OC(F)(F)F)cc1)OC(c1cc(Cl)cc[n+]1O)c1ccccc12. The van der Waals surface area contributed by atoms with E-state index in [2.05, 4.69) is 4.74 Å². The maximum absolute atomic E-state index is 13.4. The molecular weight excluding hydrogens is 533 g/mol. The lowest BCUT2D eigenvalue weighted by Crippen LogP contribution is -2.50. The van der Waals surface area contributed by atoms with Crippen LogP contribution in [0.25, 0.3) is 0 Å². The molecule has 1 N–H and O–H groups in total. The fourth-order valence-corrected chi connectivity index (χ4v) is 7.04. The van der Waals surface area contributed by atoms with Crippen LogP contribution in [-0.2, 0) is 20.4 Å². The normalized spacial score (nSPS) is 24.2. The first-order valence-electron chi connectivity index (χ1n) is 11.4. The minimum Gasteiger partial charge on any atom is -0.406 e. The Morgan fingerprint density at radius 3 is 2.54 bits per heavy atom. The summed E-state index contributed by atoms with van der Waals surface area (Å²) in [6.45, 7) is 1.89. The van der Waals surface area contributed by atoms with Crippen LogP contribution in [0.2, 0.25) is 5.02 Å². The zero-order valence-electron chi connectivity index (χ0n) is 19.5. The monoisotopic (exact) mass is 555 g/mol. The minimum absolute atomic E-state index is 0.125. The topological polar surface area (TPSA) is 80.0 Å². The maximum Gasteiger partial charge on any atom is 0.573 e. The van der Waals surface area contributed by atoms with Crippen molar-refractivity contribution in [2.24, 2.45) is 0 Å². The van der Waals surface area contributed by atoms with Crippen LogP contribution >= 0.6 is 11.6 Å². The van der Waals surface area contributed by atoms with Gasteiger partial charge in [0.2, 0.25) is 16.2 Å².